The summed E-state index contributed by atoms with van der Waals surface area (Å²) in [5.74, 6) is -0.221. The second-order valence-electron chi connectivity index (χ2n) is 6.42. The molecule has 1 aliphatic rings. The van der Waals surface area contributed by atoms with Crippen LogP contribution in [0.2, 0.25) is 5.02 Å². The highest BCUT2D eigenvalue weighted by Gasteiger charge is 2.32. The van der Waals surface area contributed by atoms with Crippen molar-refractivity contribution in [1.29, 1.82) is 0 Å². The molecule has 1 heterocycles. The van der Waals surface area contributed by atoms with Crippen molar-refractivity contribution in [2.45, 2.75) is 32.7 Å². The second-order valence-corrected chi connectivity index (χ2v) is 9.05. The van der Waals surface area contributed by atoms with Crippen LogP contribution in [-0.2, 0) is 19.4 Å². The highest BCUT2D eigenvalue weighted by Crippen LogP contribution is 2.24. The maximum Gasteiger partial charge on any atom is 0.224 e. The van der Waals surface area contributed by atoms with Gasteiger partial charge in [0.2, 0.25) is 11.8 Å². The average molecular weight is 387 g/mol. The van der Waals surface area contributed by atoms with E-state index in [9.17, 15) is 18.0 Å². The predicted molar refractivity (Wildman–Crippen MR) is 98.7 cm³/mol. The van der Waals surface area contributed by atoms with Gasteiger partial charge in [0.05, 0.1) is 11.5 Å². The highest BCUT2D eigenvalue weighted by atomic mass is 35.5. The number of carbonyl (C=O) groups is 2. The normalized spacial score (nSPS) is 18.8. The Morgan fingerprint density at radius 1 is 1.32 bits per heavy atom. The maximum absolute atomic E-state index is 12.4. The summed E-state index contributed by atoms with van der Waals surface area (Å²) in [6, 6.07) is 5.04. The molecule has 25 heavy (non-hydrogen) atoms. The fourth-order valence-corrected chi connectivity index (χ4v) is 4.84. The SMILES string of the molecule is CC(=O)N(CCC(=O)N(C)C1CCS(=O)(=O)C1)c1ccc(C)c(Cl)c1. The summed E-state index contributed by atoms with van der Waals surface area (Å²) in [6.45, 7) is 3.53. The third-order valence-electron chi connectivity index (χ3n) is 4.55. The quantitative estimate of drug-likeness (QED) is 0.776. The van der Waals surface area contributed by atoms with Crippen molar-refractivity contribution in [3.05, 3.63) is 28.8 Å². The first-order valence-electron chi connectivity index (χ1n) is 8.11. The Hall–Kier alpha value is -1.60. The van der Waals surface area contributed by atoms with Gasteiger partial charge in [0.25, 0.3) is 0 Å². The summed E-state index contributed by atoms with van der Waals surface area (Å²) in [5, 5.41) is 0.559. The fourth-order valence-electron chi connectivity index (χ4n) is 2.89. The molecule has 0 radical (unpaired) electrons. The number of hydrogen-bond acceptors (Lipinski definition) is 4. The van der Waals surface area contributed by atoms with E-state index in [1.54, 1.807) is 19.2 Å². The number of nitrogens with zero attached hydrogens (tertiary/aromatic N) is 2. The molecule has 0 aliphatic carbocycles. The number of carbonyl (C=O) groups excluding carboxylic acids is 2. The zero-order valence-electron chi connectivity index (χ0n) is 14.7. The number of amides is 2. The van der Waals surface area contributed by atoms with Crippen LogP contribution in [0.25, 0.3) is 0 Å². The highest BCUT2D eigenvalue weighted by molar-refractivity contribution is 7.91. The molecule has 1 atom stereocenters. The third kappa shape index (κ3) is 4.95. The van der Waals surface area contributed by atoms with Crippen LogP contribution in [0.3, 0.4) is 0 Å². The van der Waals surface area contributed by atoms with Crippen LogP contribution in [0.5, 0.6) is 0 Å². The van der Waals surface area contributed by atoms with E-state index in [0.29, 0.717) is 17.1 Å². The zero-order chi connectivity index (χ0) is 18.8. The lowest BCUT2D eigenvalue weighted by atomic mass is 10.2. The molecule has 1 saturated heterocycles. The molecule has 1 aromatic rings. The van der Waals surface area contributed by atoms with E-state index in [4.69, 9.17) is 11.6 Å². The first-order chi connectivity index (χ1) is 11.6. The lowest BCUT2D eigenvalue weighted by molar-refractivity contribution is -0.131. The lowest BCUT2D eigenvalue weighted by Crippen LogP contribution is -2.40. The summed E-state index contributed by atoms with van der Waals surface area (Å²) >= 11 is 6.12. The molecule has 0 N–H and O–H groups in total. The number of benzene rings is 1. The smallest absolute Gasteiger partial charge is 0.224 e. The Labute approximate surface area is 153 Å². The molecule has 0 saturated carbocycles. The first-order valence-corrected chi connectivity index (χ1v) is 10.3. The molecule has 0 bridgehead atoms. The Bertz CT molecular complexity index is 779. The van der Waals surface area contributed by atoms with Gasteiger partial charge >= 0.3 is 0 Å². The fraction of sp³-hybridized carbons (Fsp3) is 0.529. The van der Waals surface area contributed by atoms with Gasteiger partial charge in [-0.05, 0) is 31.0 Å². The van der Waals surface area contributed by atoms with Crippen molar-refractivity contribution in [2.24, 2.45) is 0 Å². The monoisotopic (exact) mass is 386 g/mol. The molecule has 1 aromatic carbocycles. The Morgan fingerprint density at radius 2 is 2.00 bits per heavy atom. The van der Waals surface area contributed by atoms with Crippen molar-refractivity contribution in [2.75, 3.05) is 30.0 Å². The Morgan fingerprint density at radius 3 is 2.52 bits per heavy atom. The van der Waals surface area contributed by atoms with E-state index in [2.05, 4.69) is 0 Å². The molecule has 1 unspecified atom stereocenters. The number of anilines is 1. The van der Waals surface area contributed by atoms with Gasteiger partial charge in [-0.2, -0.15) is 0 Å². The number of halogens is 1. The van der Waals surface area contributed by atoms with Gasteiger partial charge < -0.3 is 9.80 Å². The van der Waals surface area contributed by atoms with E-state index >= 15 is 0 Å². The molecule has 1 fully saturated rings. The minimum Gasteiger partial charge on any atom is -0.342 e. The van der Waals surface area contributed by atoms with Crippen molar-refractivity contribution >= 4 is 38.9 Å². The molecule has 0 aromatic heterocycles. The molecule has 8 heteroatoms. The van der Waals surface area contributed by atoms with Gasteiger partial charge in [-0.15, -0.1) is 0 Å². The first kappa shape index (κ1) is 19.7. The van der Waals surface area contributed by atoms with Gasteiger partial charge in [-0.25, -0.2) is 8.42 Å². The van der Waals surface area contributed by atoms with Gasteiger partial charge in [-0.1, -0.05) is 17.7 Å². The Kier molecular flexibility index (Phi) is 6.11. The molecule has 2 amide bonds. The molecule has 2 rings (SSSR count). The Balaban J connectivity index is 2.02. The van der Waals surface area contributed by atoms with E-state index < -0.39 is 9.84 Å². The number of hydrogen-bond donors (Lipinski definition) is 0. The van der Waals surface area contributed by atoms with Crippen LogP contribution in [0.15, 0.2) is 18.2 Å². The van der Waals surface area contributed by atoms with Crippen LogP contribution < -0.4 is 4.90 Å². The zero-order valence-corrected chi connectivity index (χ0v) is 16.2. The average Bonchev–Trinajstić information content (AvgIpc) is 2.89. The lowest BCUT2D eigenvalue weighted by Gasteiger charge is -2.26. The number of sulfone groups is 1. The van der Waals surface area contributed by atoms with Crippen LogP contribution in [0.1, 0.15) is 25.3 Å². The van der Waals surface area contributed by atoms with E-state index in [1.807, 2.05) is 13.0 Å². The molecule has 0 spiro atoms. The summed E-state index contributed by atoms with van der Waals surface area (Å²) in [6.07, 6.45) is 0.590. The molecular formula is C17H23ClN2O4S. The van der Waals surface area contributed by atoms with Crippen LogP contribution in [0.4, 0.5) is 5.69 Å². The van der Waals surface area contributed by atoms with Crippen molar-refractivity contribution in [3.63, 3.8) is 0 Å². The van der Waals surface area contributed by atoms with Crippen molar-refractivity contribution in [3.8, 4) is 0 Å². The number of aryl methyl sites for hydroxylation is 1. The molecule has 1 aliphatic heterocycles. The topological polar surface area (TPSA) is 74.8 Å². The van der Waals surface area contributed by atoms with Crippen LogP contribution in [0, 0.1) is 6.92 Å². The largest absolute Gasteiger partial charge is 0.342 e. The van der Waals surface area contributed by atoms with E-state index in [-0.39, 0.29) is 42.3 Å². The summed E-state index contributed by atoms with van der Waals surface area (Å²) in [7, 11) is -1.42. The molecular weight excluding hydrogens is 364 g/mol. The molecule has 138 valence electrons. The molecule has 6 nitrogen and oxygen atoms in total. The van der Waals surface area contributed by atoms with Crippen LogP contribution >= 0.6 is 11.6 Å². The van der Waals surface area contributed by atoms with Crippen LogP contribution in [-0.4, -0.2) is 56.3 Å². The maximum atomic E-state index is 12.4. The van der Waals surface area contributed by atoms with Gasteiger partial charge in [0, 0.05) is 43.7 Å². The standard InChI is InChI=1S/C17H23ClN2O4S/c1-12-4-5-14(10-16(12)18)20(13(2)21)8-6-17(22)19(3)15-7-9-25(23,24)11-15/h4-5,10,15H,6-9,11H2,1-3H3. The van der Waals surface area contributed by atoms with Crippen molar-refractivity contribution < 1.29 is 18.0 Å². The van der Waals surface area contributed by atoms with E-state index in [0.717, 1.165) is 5.56 Å². The third-order valence-corrected chi connectivity index (χ3v) is 6.70. The minimum absolute atomic E-state index is 0.0131. The number of rotatable bonds is 5. The van der Waals surface area contributed by atoms with Gasteiger partial charge in [0.1, 0.15) is 0 Å². The van der Waals surface area contributed by atoms with E-state index in [1.165, 1.54) is 16.7 Å². The summed E-state index contributed by atoms with van der Waals surface area (Å²) < 4.78 is 23.1. The van der Waals surface area contributed by atoms with Gasteiger partial charge in [-0.3, -0.25) is 9.59 Å². The predicted octanol–water partition coefficient (Wildman–Crippen LogP) is 2.04. The van der Waals surface area contributed by atoms with Crippen molar-refractivity contribution in [1.82, 2.24) is 4.90 Å². The summed E-state index contributed by atoms with van der Waals surface area (Å²) in [5.41, 5.74) is 1.55. The second kappa shape index (κ2) is 7.74. The summed E-state index contributed by atoms with van der Waals surface area (Å²) in [4.78, 5) is 27.3. The van der Waals surface area contributed by atoms with Gasteiger partial charge in [0.15, 0.2) is 9.84 Å². The minimum atomic E-state index is -3.04.